The Morgan fingerprint density at radius 1 is 1.00 bits per heavy atom. The molecule has 2 heterocycles. The molecule has 2 aromatic carbocycles. The number of amides is 4. The molecule has 8 nitrogen and oxygen atoms in total. The monoisotopic (exact) mass is 447 g/mol. The van der Waals surface area contributed by atoms with Crippen molar-refractivity contribution in [3.05, 3.63) is 88.5 Å². The van der Waals surface area contributed by atoms with Crippen LogP contribution in [0.2, 0.25) is 0 Å². The largest absolute Gasteiger partial charge is 0.478 e. The van der Waals surface area contributed by atoms with E-state index < -0.39 is 29.6 Å². The van der Waals surface area contributed by atoms with Crippen molar-refractivity contribution in [2.75, 3.05) is 4.90 Å². The van der Waals surface area contributed by atoms with Crippen LogP contribution in [0.15, 0.2) is 60.2 Å². The van der Waals surface area contributed by atoms with Crippen molar-refractivity contribution in [2.45, 2.75) is 13.8 Å². The Hall–Kier alpha value is -4.53. The summed E-state index contributed by atoms with van der Waals surface area (Å²) in [6, 6.07) is 12.1. The van der Waals surface area contributed by atoms with Crippen LogP contribution in [-0.4, -0.2) is 33.5 Å². The minimum atomic E-state index is -1.06. The molecule has 9 heteroatoms. The van der Waals surface area contributed by atoms with Crippen LogP contribution >= 0.6 is 0 Å². The van der Waals surface area contributed by atoms with Gasteiger partial charge < -0.3 is 9.67 Å². The third kappa shape index (κ3) is 3.91. The van der Waals surface area contributed by atoms with Crippen molar-refractivity contribution in [1.29, 1.82) is 0 Å². The average Bonchev–Trinajstić information content (AvgIpc) is 3.04. The van der Waals surface area contributed by atoms with Gasteiger partial charge in [0.15, 0.2) is 0 Å². The number of aromatic carboxylic acids is 1. The number of carbonyl (C=O) groups excluding carboxylic acids is 3. The summed E-state index contributed by atoms with van der Waals surface area (Å²) < 4.78 is 15.4. The van der Waals surface area contributed by atoms with Crippen molar-refractivity contribution >= 4 is 35.6 Å². The van der Waals surface area contributed by atoms with E-state index in [1.54, 1.807) is 36.6 Å². The van der Waals surface area contributed by atoms with Crippen LogP contribution in [0.3, 0.4) is 0 Å². The molecular formula is C24H18FN3O5. The third-order valence-corrected chi connectivity index (χ3v) is 5.29. The Balaban J connectivity index is 1.77. The van der Waals surface area contributed by atoms with Crippen LogP contribution in [0, 0.1) is 19.7 Å². The predicted molar refractivity (Wildman–Crippen MR) is 118 cm³/mol. The highest BCUT2D eigenvalue weighted by molar-refractivity contribution is 6.39. The maximum Gasteiger partial charge on any atom is 0.335 e. The molecule has 0 spiro atoms. The Bertz CT molecular complexity index is 1370. The predicted octanol–water partition coefficient (Wildman–Crippen LogP) is 3.60. The quantitative estimate of drug-likeness (QED) is 0.469. The summed E-state index contributed by atoms with van der Waals surface area (Å²) in [6.45, 7) is 3.56. The summed E-state index contributed by atoms with van der Waals surface area (Å²) in [5.74, 6) is -3.45. The number of carboxylic acids is 1. The van der Waals surface area contributed by atoms with Gasteiger partial charge in [-0.1, -0.05) is 12.1 Å². The number of hydrogen-bond acceptors (Lipinski definition) is 4. The average molecular weight is 447 g/mol. The summed E-state index contributed by atoms with van der Waals surface area (Å²) in [5, 5.41) is 11.4. The van der Waals surface area contributed by atoms with Gasteiger partial charge in [0.25, 0.3) is 11.8 Å². The zero-order chi connectivity index (χ0) is 23.9. The molecule has 0 bridgehead atoms. The third-order valence-electron chi connectivity index (χ3n) is 5.29. The molecule has 1 fully saturated rings. The van der Waals surface area contributed by atoms with Gasteiger partial charge in [0.2, 0.25) is 0 Å². The highest BCUT2D eigenvalue weighted by Crippen LogP contribution is 2.26. The number of nitrogens with zero attached hydrogens (tertiary/aromatic N) is 2. The van der Waals surface area contributed by atoms with E-state index in [4.69, 9.17) is 0 Å². The SMILES string of the molecule is Cc1cc(/C=C2\C(=O)NC(=O)N(c3cccc(F)c3)C2=O)c(C)n1-c1cccc(C(=O)O)c1. The Morgan fingerprint density at radius 3 is 2.39 bits per heavy atom. The number of carboxylic acid groups (broad SMARTS) is 1. The van der Waals surface area contributed by atoms with Crippen LogP contribution in [0.25, 0.3) is 11.8 Å². The number of anilines is 1. The molecule has 33 heavy (non-hydrogen) atoms. The molecule has 1 aliphatic rings. The Kier molecular flexibility index (Phi) is 5.39. The van der Waals surface area contributed by atoms with Crippen LogP contribution < -0.4 is 10.2 Å². The number of aryl methyl sites for hydroxylation is 1. The zero-order valence-electron chi connectivity index (χ0n) is 17.6. The number of benzene rings is 2. The molecule has 4 amide bonds. The van der Waals surface area contributed by atoms with E-state index in [-0.39, 0.29) is 16.8 Å². The summed E-state index contributed by atoms with van der Waals surface area (Å²) >= 11 is 0. The van der Waals surface area contributed by atoms with Gasteiger partial charge in [-0.2, -0.15) is 0 Å². The van der Waals surface area contributed by atoms with Gasteiger partial charge in [0.05, 0.1) is 11.3 Å². The van der Waals surface area contributed by atoms with Gasteiger partial charge >= 0.3 is 12.0 Å². The standard InChI is InChI=1S/C24H18FN3O5/c1-13-9-16(14(2)27(13)18-7-3-5-15(10-18)23(31)32)11-20-21(29)26-24(33)28(22(20)30)19-8-4-6-17(25)12-19/h3-12H,1-2H3,(H,31,32)(H,26,29,33)/b20-11+. The highest BCUT2D eigenvalue weighted by atomic mass is 19.1. The molecule has 4 rings (SSSR count). The van der Waals surface area contributed by atoms with Gasteiger partial charge in [-0.05, 0) is 68.0 Å². The van der Waals surface area contributed by atoms with E-state index >= 15 is 0 Å². The van der Waals surface area contributed by atoms with Crippen LogP contribution in [0.1, 0.15) is 27.3 Å². The second-order valence-corrected chi connectivity index (χ2v) is 7.46. The van der Waals surface area contributed by atoms with E-state index in [1.807, 2.05) is 0 Å². The molecule has 3 aromatic rings. The number of halogens is 1. The lowest BCUT2D eigenvalue weighted by atomic mass is 10.1. The van der Waals surface area contributed by atoms with E-state index in [0.717, 1.165) is 11.8 Å². The number of rotatable bonds is 4. The van der Waals surface area contributed by atoms with Gasteiger partial charge in [0, 0.05) is 17.1 Å². The number of urea groups is 1. The molecule has 1 saturated heterocycles. The lowest BCUT2D eigenvalue weighted by molar-refractivity contribution is -0.122. The minimum absolute atomic E-state index is 0.00754. The second-order valence-electron chi connectivity index (χ2n) is 7.46. The number of nitrogens with one attached hydrogen (secondary N) is 1. The lowest BCUT2D eigenvalue weighted by Crippen LogP contribution is -2.54. The molecule has 0 radical (unpaired) electrons. The molecule has 0 saturated carbocycles. The zero-order valence-corrected chi connectivity index (χ0v) is 17.6. The summed E-state index contributed by atoms with van der Waals surface area (Å²) in [4.78, 5) is 49.8. The smallest absolute Gasteiger partial charge is 0.335 e. The van der Waals surface area contributed by atoms with Gasteiger partial charge in [-0.25, -0.2) is 18.9 Å². The van der Waals surface area contributed by atoms with Crippen LogP contribution in [-0.2, 0) is 9.59 Å². The van der Waals surface area contributed by atoms with E-state index in [0.29, 0.717) is 21.8 Å². The topological polar surface area (TPSA) is 109 Å². The van der Waals surface area contributed by atoms with Crippen molar-refractivity contribution < 1.29 is 28.7 Å². The first kappa shape index (κ1) is 21.7. The first-order valence-electron chi connectivity index (χ1n) is 9.87. The Labute approximate surface area is 187 Å². The summed E-state index contributed by atoms with van der Waals surface area (Å²) in [7, 11) is 0. The fourth-order valence-electron chi connectivity index (χ4n) is 3.77. The fraction of sp³-hybridized carbons (Fsp3) is 0.0833. The van der Waals surface area contributed by atoms with E-state index in [2.05, 4.69) is 5.32 Å². The summed E-state index contributed by atoms with van der Waals surface area (Å²) in [5.41, 5.74) is 2.34. The van der Waals surface area contributed by atoms with Gasteiger partial charge in [-0.15, -0.1) is 0 Å². The van der Waals surface area contributed by atoms with Crippen molar-refractivity contribution in [3.8, 4) is 5.69 Å². The molecular weight excluding hydrogens is 429 g/mol. The molecule has 1 aromatic heterocycles. The van der Waals surface area contributed by atoms with Crippen LogP contribution in [0.4, 0.5) is 14.9 Å². The van der Waals surface area contributed by atoms with Gasteiger partial charge in [-0.3, -0.25) is 14.9 Å². The molecule has 166 valence electrons. The van der Waals surface area contributed by atoms with Crippen molar-refractivity contribution in [1.82, 2.24) is 9.88 Å². The number of hydrogen-bond donors (Lipinski definition) is 2. The molecule has 0 atom stereocenters. The van der Waals surface area contributed by atoms with Gasteiger partial charge in [0.1, 0.15) is 11.4 Å². The first-order valence-corrected chi connectivity index (χ1v) is 9.87. The maximum absolute atomic E-state index is 13.6. The van der Waals surface area contributed by atoms with Crippen molar-refractivity contribution in [3.63, 3.8) is 0 Å². The fourth-order valence-corrected chi connectivity index (χ4v) is 3.77. The molecule has 0 aliphatic carbocycles. The second kappa shape index (κ2) is 8.19. The number of imide groups is 2. The number of carbonyl (C=O) groups is 4. The molecule has 1 aliphatic heterocycles. The normalized spacial score (nSPS) is 15.2. The van der Waals surface area contributed by atoms with Crippen molar-refractivity contribution in [2.24, 2.45) is 0 Å². The van der Waals surface area contributed by atoms with E-state index in [9.17, 15) is 28.7 Å². The molecule has 2 N–H and O–H groups in total. The van der Waals surface area contributed by atoms with Crippen LogP contribution in [0.5, 0.6) is 0 Å². The lowest BCUT2D eigenvalue weighted by Gasteiger charge is -2.26. The molecule has 0 unspecified atom stereocenters. The number of barbiturate groups is 1. The van der Waals surface area contributed by atoms with E-state index in [1.165, 1.54) is 36.4 Å². The minimum Gasteiger partial charge on any atom is -0.478 e. The highest BCUT2D eigenvalue weighted by Gasteiger charge is 2.37. The summed E-state index contributed by atoms with van der Waals surface area (Å²) in [6.07, 6.45) is 1.36. The first-order chi connectivity index (χ1) is 15.7. The Morgan fingerprint density at radius 2 is 1.70 bits per heavy atom. The maximum atomic E-state index is 13.6. The number of aromatic nitrogens is 1.